The van der Waals surface area contributed by atoms with E-state index in [0.29, 0.717) is 0 Å². The van der Waals surface area contributed by atoms with Crippen LogP contribution in [-0.4, -0.2) is 6.61 Å². The quantitative estimate of drug-likeness (QED) is 0.753. The van der Waals surface area contributed by atoms with Gasteiger partial charge >= 0.3 is 0 Å². The first-order valence-corrected chi connectivity index (χ1v) is 6.21. The van der Waals surface area contributed by atoms with Gasteiger partial charge in [-0.1, -0.05) is 55.5 Å². The van der Waals surface area contributed by atoms with Gasteiger partial charge in [0.15, 0.2) is 0 Å². The van der Waals surface area contributed by atoms with Crippen LogP contribution in [0.5, 0.6) is 0 Å². The first-order chi connectivity index (χ1) is 8.40. The van der Waals surface area contributed by atoms with Crippen LogP contribution in [0, 0.1) is 0 Å². The lowest BCUT2D eigenvalue weighted by Crippen LogP contribution is -2.06. The Hall–Kier alpha value is -1.60. The van der Waals surface area contributed by atoms with E-state index in [1.165, 1.54) is 21.9 Å². The summed E-state index contributed by atoms with van der Waals surface area (Å²) in [6.45, 7) is 2.95. The summed E-state index contributed by atoms with van der Waals surface area (Å²) in [5.74, 6) is 0. The van der Waals surface area contributed by atoms with Crippen LogP contribution < -0.4 is 0 Å². The van der Waals surface area contributed by atoms with Gasteiger partial charge in [-0.05, 0) is 28.3 Å². The second-order valence-corrected chi connectivity index (χ2v) is 4.44. The van der Waals surface area contributed by atoms with Crippen molar-refractivity contribution in [2.24, 2.45) is 0 Å². The molecule has 0 saturated carbocycles. The maximum absolute atomic E-state index is 5.89. The van der Waals surface area contributed by atoms with Crippen LogP contribution in [0.2, 0.25) is 0 Å². The van der Waals surface area contributed by atoms with Crippen LogP contribution in [-0.2, 0) is 4.74 Å². The van der Waals surface area contributed by atoms with Gasteiger partial charge in [0.25, 0.3) is 0 Å². The van der Waals surface area contributed by atoms with Gasteiger partial charge in [0.1, 0.15) is 6.10 Å². The van der Waals surface area contributed by atoms with Crippen molar-refractivity contribution in [1.82, 2.24) is 0 Å². The molecule has 1 nitrogen and oxygen atoms in total. The normalized spacial score (nSPS) is 17.6. The zero-order chi connectivity index (χ0) is 11.7. The third kappa shape index (κ3) is 1.77. The van der Waals surface area contributed by atoms with Crippen LogP contribution in [0.25, 0.3) is 16.8 Å². The summed E-state index contributed by atoms with van der Waals surface area (Å²) in [6.07, 6.45) is 5.51. The highest BCUT2D eigenvalue weighted by molar-refractivity contribution is 5.95. The van der Waals surface area contributed by atoms with Crippen molar-refractivity contribution in [2.75, 3.05) is 6.61 Å². The van der Waals surface area contributed by atoms with Crippen molar-refractivity contribution >= 4 is 16.8 Å². The number of ether oxygens (including phenoxy) is 1. The summed E-state index contributed by atoms with van der Waals surface area (Å²) >= 11 is 0. The van der Waals surface area contributed by atoms with Crippen LogP contribution in [0.15, 0.2) is 42.5 Å². The van der Waals surface area contributed by atoms with Crippen molar-refractivity contribution in [3.05, 3.63) is 53.6 Å². The molecule has 1 unspecified atom stereocenters. The van der Waals surface area contributed by atoms with Crippen LogP contribution in [0.1, 0.15) is 30.6 Å². The van der Waals surface area contributed by atoms with E-state index in [9.17, 15) is 0 Å². The third-order valence-corrected chi connectivity index (χ3v) is 3.23. The molecule has 17 heavy (non-hydrogen) atoms. The maximum Gasteiger partial charge on any atom is 0.102 e. The molecule has 0 heterocycles. The summed E-state index contributed by atoms with van der Waals surface area (Å²) < 4.78 is 5.89. The lowest BCUT2D eigenvalue weighted by atomic mass is 9.91. The smallest absolute Gasteiger partial charge is 0.102 e. The topological polar surface area (TPSA) is 9.23 Å². The minimum atomic E-state index is 0.119. The monoisotopic (exact) mass is 224 g/mol. The molecule has 3 rings (SSSR count). The molecule has 0 aromatic heterocycles. The molecule has 0 aliphatic heterocycles. The van der Waals surface area contributed by atoms with E-state index in [-0.39, 0.29) is 6.10 Å². The van der Waals surface area contributed by atoms with E-state index >= 15 is 0 Å². The second-order valence-electron chi connectivity index (χ2n) is 4.44. The Bertz CT molecular complexity index is 563. The van der Waals surface area contributed by atoms with Gasteiger partial charge in [-0.15, -0.1) is 0 Å². The van der Waals surface area contributed by atoms with E-state index < -0.39 is 0 Å². The molecule has 2 aromatic rings. The Labute approximate surface area is 102 Å². The molecule has 1 heteroatoms. The molecule has 0 fully saturated rings. The molecule has 0 bridgehead atoms. The Morgan fingerprint density at radius 2 is 1.94 bits per heavy atom. The van der Waals surface area contributed by atoms with E-state index in [1.807, 2.05) is 0 Å². The lowest BCUT2D eigenvalue weighted by molar-refractivity contribution is 0.0869. The van der Waals surface area contributed by atoms with E-state index in [1.54, 1.807) is 0 Å². The molecule has 0 spiro atoms. The molecular weight excluding hydrogens is 208 g/mol. The second kappa shape index (κ2) is 4.34. The van der Waals surface area contributed by atoms with Gasteiger partial charge in [0, 0.05) is 6.61 Å². The summed E-state index contributed by atoms with van der Waals surface area (Å²) in [4.78, 5) is 0. The molecular formula is C16H16O. The third-order valence-electron chi connectivity index (χ3n) is 3.23. The molecule has 2 aromatic carbocycles. The average molecular weight is 224 g/mol. The molecule has 0 radical (unpaired) electrons. The molecule has 86 valence electrons. The SMILES string of the molecule is CCCOC1C=Cc2cccc3cccc1c23. The van der Waals surface area contributed by atoms with Gasteiger partial charge in [0.2, 0.25) is 0 Å². The number of hydrogen-bond donors (Lipinski definition) is 0. The highest BCUT2D eigenvalue weighted by atomic mass is 16.5. The van der Waals surface area contributed by atoms with Crippen molar-refractivity contribution in [1.29, 1.82) is 0 Å². The van der Waals surface area contributed by atoms with Gasteiger partial charge < -0.3 is 4.74 Å². The zero-order valence-electron chi connectivity index (χ0n) is 10.0. The van der Waals surface area contributed by atoms with Gasteiger partial charge in [-0.3, -0.25) is 0 Å². The van der Waals surface area contributed by atoms with E-state index in [2.05, 4.69) is 55.5 Å². The van der Waals surface area contributed by atoms with E-state index in [4.69, 9.17) is 4.74 Å². The highest BCUT2D eigenvalue weighted by Crippen LogP contribution is 2.35. The number of benzene rings is 2. The van der Waals surface area contributed by atoms with Crippen molar-refractivity contribution in [3.63, 3.8) is 0 Å². The molecule has 0 N–H and O–H groups in total. The Balaban J connectivity index is 2.13. The number of hydrogen-bond acceptors (Lipinski definition) is 1. The van der Waals surface area contributed by atoms with Crippen molar-refractivity contribution in [2.45, 2.75) is 19.4 Å². The standard InChI is InChI=1S/C16H16O/c1-2-11-17-15-10-9-13-6-3-5-12-7-4-8-14(15)16(12)13/h3-10,15H,2,11H2,1H3. The molecule has 0 saturated heterocycles. The zero-order valence-corrected chi connectivity index (χ0v) is 10.0. The fourth-order valence-electron chi connectivity index (χ4n) is 2.46. The maximum atomic E-state index is 5.89. The highest BCUT2D eigenvalue weighted by Gasteiger charge is 2.17. The van der Waals surface area contributed by atoms with E-state index in [0.717, 1.165) is 13.0 Å². The number of rotatable bonds is 3. The minimum absolute atomic E-state index is 0.119. The van der Waals surface area contributed by atoms with Crippen LogP contribution in [0.3, 0.4) is 0 Å². The lowest BCUT2D eigenvalue weighted by Gasteiger charge is -2.21. The van der Waals surface area contributed by atoms with Crippen molar-refractivity contribution in [3.8, 4) is 0 Å². The largest absolute Gasteiger partial charge is 0.369 e. The van der Waals surface area contributed by atoms with Crippen molar-refractivity contribution < 1.29 is 4.74 Å². The summed E-state index contributed by atoms with van der Waals surface area (Å²) in [7, 11) is 0. The molecule has 1 aliphatic carbocycles. The Morgan fingerprint density at radius 3 is 2.76 bits per heavy atom. The first kappa shape index (κ1) is 10.5. The fourth-order valence-corrected chi connectivity index (χ4v) is 2.46. The summed E-state index contributed by atoms with van der Waals surface area (Å²) in [5.41, 5.74) is 2.60. The first-order valence-electron chi connectivity index (χ1n) is 6.21. The summed E-state index contributed by atoms with van der Waals surface area (Å²) in [5, 5.41) is 2.65. The molecule has 1 aliphatic rings. The Morgan fingerprint density at radius 1 is 1.12 bits per heavy atom. The predicted molar refractivity (Wildman–Crippen MR) is 72.0 cm³/mol. The Kier molecular flexibility index (Phi) is 2.69. The average Bonchev–Trinajstić information content (AvgIpc) is 2.39. The minimum Gasteiger partial charge on any atom is -0.369 e. The molecule has 1 atom stereocenters. The summed E-state index contributed by atoms with van der Waals surface area (Å²) in [6, 6.07) is 12.9. The van der Waals surface area contributed by atoms with Gasteiger partial charge in [0.05, 0.1) is 0 Å². The van der Waals surface area contributed by atoms with Gasteiger partial charge in [-0.25, -0.2) is 0 Å². The van der Waals surface area contributed by atoms with Crippen LogP contribution in [0.4, 0.5) is 0 Å². The fraction of sp³-hybridized carbons (Fsp3) is 0.250. The van der Waals surface area contributed by atoms with Crippen LogP contribution >= 0.6 is 0 Å². The van der Waals surface area contributed by atoms with Gasteiger partial charge in [-0.2, -0.15) is 0 Å². The molecule has 0 amide bonds. The predicted octanol–water partition coefficient (Wildman–Crippen LogP) is 4.33.